The summed E-state index contributed by atoms with van der Waals surface area (Å²) < 4.78 is 6.42. The Morgan fingerprint density at radius 1 is 0.333 bits per heavy atom. The highest BCUT2D eigenvalue weighted by Crippen LogP contribution is 2.40. The first kappa shape index (κ1) is 32.7. The van der Waals surface area contributed by atoms with Crippen LogP contribution in [-0.2, 0) is 0 Å². The molecule has 0 atom stereocenters. The third kappa shape index (κ3) is 5.74. The molecule has 0 spiro atoms. The van der Waals surface area contributed by atoms with Crippen LogP contribution in [0.1, 0.15) is 0 Å². The Balaban J connectivity index is 1.03. The number of fused-ring (bicyclic) bond motifs is 6. The van der Waals surface area contributed by atoms with Gasteiger partial charge in [0.2, 0.25) is 0 Å². The quantitative estimate of drug-likeness (QED) is 0.160. The van der Waals surface area contributed by atoms with Gasteiger partial charge in [-0.15, -0.1) is 0 Å². The van der Waals surface area contributed by atoms with E-state index in [1.807, 2.05) is 36.4 Å². The molecular weight excluding hydrogens is 695 g/mol. The van der Waals surface area contributed by atoms with E-state index in [0.717, 1.165) is 94.3 Å². The number of pyridine rings is 1. The van der Waals surface area contributed by atoms with Crippen LogP contribution in [0.15, 0.2) is 205 Å². The van der Waals surface area contributed by atoms with Gasteiger partial charge in [-0.1, -0.05) is 176 Å². The Hall–Kier alpha value is -7.69. The van der Waals surface area contributed by atoms with Crippen molar-refractivity contribution in [1.82, 2.24) is 15.0 Å². The van der Waals surface area contributed by atoms with Crippen molar-refractivity contribution in [2.45, 2.75) is 0 Å². The number of furan rings is 1. The molecule has 0 N–H and O–H groups in total. The Labute approximate surface area is 329 Å². The second kappa shape index (κ2) is 13.6. The predicted octanol–water partition coefficient (Wildman–Crippen LogP) is 14.1. The summed E-state index contributed by atoms with van der Waals surface area (Å²) >= 11 is 0. The second-order valence-electron chi connectivity index (χ2n) is 14.3. The molecule has 11 rings (SSSR count). The van der Waals surface area contributed by atoms with Gasteiger partial charge in [-0.25, -0.2) is 15.0 Å². The molecule has 57 heavy (non-hydrogen) atoms. The summed E-state index contributed by atoms with van der Waals surface area (Å²) in [5.41, 5.74) is 13.9. The SMILES string of the molecule is c1ccc(-c2nc(-c3ccc(-c4cccc5c(-c6ccccc6)nc6ccccc6c45)cc3)cc(-c3cccc(-c4cccc5c4oc4ccccc45)c3)n2)cc1. The molecule has 0 saturated heterocycles. The van der Waals surface area contributed by atoms with Crippen LogP contribution >= 0.6 is 0 Å². The molecule has 11 aromatic rings. The number of hydrogen-bond acceptors (Lipinski definition) is 4. The fourth-order valence-corrected chi connectivity index (χ4v) is 8.16. The van der Waals surface area contributed by atoms with Crippen molar-refractivity contribution in [3.8, 4) is 67.4 Å². The summed E-state index contributed by atoms with van der Waals surface area (Å²) in [6, 6.07) is 69.6. The lowest BCUT2D eigenvalue weighted by Crippen LogP contribution is -1.96. The maximum atomic E-state index is 6.42. The molecule has 0 saturated carbocycles. The fourth-order valence-electron chi connectivity index (χ4n) is 8.16. The Bertz CT molecular complexity index is 3280. The molecule has 0 aliphatic heterocycles. The van der Waals surface area contributed by atoms with Crippen molar-refractivity contribution in [1.29, 1.82) is 0 Å². The zero-order chi connectivity index (χ0) is 37.7. The number of benzene rings is 8. The Morgan fingerprint density at radius 2 is 0.912 bits per heavy atom. The van der Waals surface area contributed by atoms with Crippen LogP contribution in [0.2, 0.25) is 0 Å². The van der Waals surface area contributed by atoms with Gasteiger partial charge in [0.25, 0.3) is 0 Å². The fraction of sp³-hybridized carbons (Fsp3) is 0. The standard InChI is InChI=1S/C53H33N3O/c1-3-14-36(15-4-1)51-45-25-12-22-40(50(45)44-21-7-9-26-46(44)54-51)34-28-30-35(31-29-34)47-33-48(56-53(55-47)37-16-5-2-6-17-37)39-19-11-18-38(32-39)41-23-13-24-43-42-20-8-10-27-49(42)57-52(41)43/h1-33H. The van der Waals surface area contributed by atoms with Crippen molar-refractivity contribution in [2.24, 2.45) is 0 Å². The molecule has 0 bridgehead atoms. The highest BCUT2D eigenvalue weighted by atomic mass is 16.3. The number of rotatable bonds is 6. The number of nitrogens with zero attached hydrogens (tertiary/aromatic N) is 3. The third-order valence-corrected chi connectivity index (χ3v) is 10.9. The van der Waals surface area contributed by atoms with E-state index in [9.17, 15) is 0 Å². The van der Waals surface area contributed by atoms with Gasteiger partial charge in [0.05, 0.1) is 22.6 Å². The molecule has 0 fully saturated rings. The minimum absolute atomic E-state index is 0.679. The minimum Gasteiger partial charge on any atom is -0.455 e. The van der Waals surface area contributed by atoms with Crippen LogP contribution in [0.5, 0.6) is 0 Å². The lowest BCUT2D eigenvalue weighted by Gasteiger charge is -2.15. The van der Waals surface area contributed by atoms with E-state index in [1.165, 1.54) is 10.9 Å². The van der Waals surface area contributed by atoms with Crippen LogP contribution < -0.4 is 0 Å². The lowest BCUT2D eigenvalue weighted by molar-refractivity contribution is 0.670. The van der Waals surface area contributed by atoms with Crippen LogP contribution in [0, 0.1) is 0 Å². The van der Waals surface area contributed by atoms with Crippen molar-refractivity contribution in [3.05, 3.63) is 200 Å². The van der Waals surface area contributed by atoms with E-state index in [1.54, 1.807) is 0 Å². The molecule has 3 aromatic heterocycles. The topological polar surface area (TPSA) is 51.8 Å². The van der Waals surface area contributed by atoms with E-state index in [-0.39, 0.29) is 0 Å². The van der Waals surface area contributed by atoms with Crippen LogP contribution in [0.3, 0.4) is 0 Å². The van der Waals surface area contributed by atoms with Crippen LogP contribution in [-0.4, -0.2) is 15.0 Å². The summed E-state index contributed by atoms with van der Waals surface area (Å²) in [6.45, 7) is 0. The van der Waals surface area contributed by atoms with E-state index < -0.39 is 0 Å². The summed E-state index contributed by atoms with van der Waals surface area (Å²) in [5, 5.41) is 5.69. The third-order valence-electron chi connectivity index (χ3n) is 10.9. The molecule has 0 aliphatic carbocycles. The summed E-state index contributed by atoms with van der Waals surface area (Å²) in [6.07, 6.45) is 0. The minimum atomic E-state index is 0.679. The second-order valence-corrected chi connectivity index (χ2v) is 14.3. The average Bonchev–Trinajstić information content (AvgIpc) is 3.68. The molecule has 0 aliphatic rings. The van der Waals surface area contributed by atoms with Crippen molar-refractivity contribution in [3.63, 3.8) is 0 Å². The molecular formula is C53H33N3O. The smallest absolute Gasteiger partial charge is 0.160 e. The highest BCUT2D eigenvalue weighted by molar-refractivity contribution is 6.17. The maximum absolute atomic E-state index is 6.42. The summed E-state index contributed by atoms with van der Waals surface area (Å²) in [7, 11) is 0. The average molecular weight is 728 g/mol. The maximum Gasteiger partial charge on any atom is 0.160 e. The normalized spacial score (nSPS) is 11.5. The van der Waals surface area contributed by atoms with Gasteiger partial charge in [0.1, 0.15) is 11.2 Å². The first-order valence-electron chi connectivity index (χ1n) is 19.2. The number of hydrogen-bond donors (Lipinski definition) is 0. The van der Waals surface area contributed by atoms with Gasteiger partial charge in [0.15, 0.2) is 5.82 Å². The monoisotopic (exact) mass is 727 g/mol. The van der Waals surface area contributed by atoms with E-state index in [0.29, 0.717) is 5.82 Å². The first-order chi connectivity index (χ1) is 28.2. The number of aromatic nitrogens is 3. The molecule has 0 amide bonds. The van der Waals surface area contributed by atoms with Gasteiger partial charge in [-0.05, 0) is 41.0 Å². The van der Waals surface area contributed by atoms with Gasteiger partial charge in [-0.3, -0.25) is 0 Å². The Kier molecular flexibility index (Phi) is 7.78. The van der Waals surface area contributed by atoms with Crippen molar-refractivity contribution < 1.29 is 4.42 Å². The molecule has 266 valence electrons. The zero-order valence-electron chi connectivity index (χ0n) is 30.8. The molecule has 8 aromatic carbocycles. The van der Waals surface area contributed by atoms with Crippen LogP contribution in [0.25, 0.3) is 111 Å². The van der Waals surface area contributed by atoms with Crippen molar-refractivity contribution in [2.75, 3.05) is 0 Å². The highest BCUT2D eigenvalue weighted by Gasteiger charge is 2.17. The molecule has 4 nitrogen and oxygen atoms in total. The van der Waals surface area contributed by atoms with Gasteiger partial charge in [0, 0.05) is 54.7 Å². The van der Waals surface area contributed by atoms with E-state index >= 15 is 0 Å². The molecule has 0 unspecified atom stereocenters. The van der Waals surface area contributed by atoms with Gasteiger partial charge in [-0.2, -0.15) is 0 Å². The van der Waals surface area contributed by atoms with Gasteiger partial charge >= 0.3 is 0 Å². The molecule has 3 heterocycles. The molecule has 4 heteroatoms. The van der Waals surface area contributed by atoms with Crippen molar-refractivity contribution >= 4 is 43.6 Å². The summed E-state index contributed by atoms with van der Waals surface area (Å²) in [5.74, 6) is 0.679. The first-order valence-corrected chi connectivity index (χ1v) is 19.2. The Morgan fingerprint density at radius 3 is 1.72 bits per heavy atom. The van der Waals surface area contributed by atoms with E-state index in [4.69, 9.17) is 19.4 Å². The lowest BCUT2D eigenvalue weighted by atomic mass is 9.92. The van der Waals surface area contributed by atoms with Crippen LogP contribution in [0.4, 0.5) is 0 Å². The van der Waals surface area contributed by atoms with Gasteiger partial charge < -0.3 is 4.42 Å². The molecule has 0 radical (unpaired) electrons. The summed E-state index contributed by atoms with van der Waals surface area (Å²) in [4.78, 5) is 15.5. The number of para-hydroxylation sites is 3. The predicted molar refractivity (Wildman–Crippen MR) is 235 cm³/mol. The zero-order valence-corrected chi connectivity index (χ0v) is 30.8. The van der Waals surface area contributed by atoms with E-state index in [2.05, 4.69) is 164 Å². The largest absolute Gasteiger partial charge is 0.455 e.